The summed E-state index contributed by atoms with van der Waals surface area (Å²) in [5.74, 6) is 0. The fourth-order valence-corrected chi connectivity index (χ4v) is 1.94. The normalized spacial score (nSPS) is 9.29. The van der Waals surface area contributed by atoms with Gasteiger partial charge in [-0.05, 0) is 5.56 Å². The molecule has 0 nitrogen and oxygen atoms in total. The summed E-state index contributed by atoms with van der Waals surface area (Å²) in [6, 6.07) is 11.8. The fourth-order valence-electron chi connectivity index (χ4n) is 1.07. The zero-order valence-electron chi connectivity index (χ0n) is 9.30. The van der Waals surface area contributed by atoms with Gasteiger partial charge in [-0.25, -0.2) is 0 Å². The van der Waals surface area contributed by atoms with Gasteiger partial charge in [0, 0.05) is 15.6 Å². The van der Waals surface area contributed by atoms with Crippen LogP contribution in [0.25, 0.3) is 0 Å². The van der Waals surface area contributed by atoms with Crippen LogP contribution in [-0.4, -0.2) is 10.2 Å². The van der Waals surface area contributed by atoms with Crippen LogP contribution < -0.4 is 0 Å². The molecule has 0 unspecified atom stereocenters. The summed E-state index contributed by atoms with van der Waals surface area (Å²) in [5.41, 5.74) is 1.33. The first-order chi connectivity index (χ1) is 6.85. The standard InChI is InChI=1S/C7H7Br.C5H14Si/c8-6-7-4-2-1-3-5-7;1-2-3-4-5-6/h1-5H,6H2;2-5H2,1,6H3. The molecule has 0 aliphatic rings. The van der Waals surface area contributed by atoms with Crippen molar-refractivity contribution >= 4 is 26.2 Å². The van der Waals surface area contributed by atoms with Crippen LogP contribution in [0.3, 0.4) is 0 Å². The number of rotatable bonds is 4. The number of benzene rings is 1. The Morgan fingerprint density at radius 2 is 1.79 bits per heavy atom. The average Bonchev–Trinajstić information content (AvgIpc) is 2.28. The molecule has 1 aromatic rings. The molecule has 0 radical (unpaired) electrons. The highest BCUT2D eigenvalue weighted by Crippen LogP contribution is 2.02. The average molecular weight is 273 g/mol. The summed E-state index contributed by atoms with van der Waals surface area (Å²) in [5, 5.41) is 0.952. The summed E-state index contributed by atoms with van der Waals surface area (Å²) in [6.45, 7) is 2.25. The lowest BCUT2D eigenvalue weighted by Crippen LogP contribution is -1.70. The fraction of sp³-hybridized carbons (Fsp3) is 0.500. The summed E-state index contributed by atoms with van der Waals surface area (Å²) in [7, 11) is 1.40. The number of hydrogen-bond acceptors (Lipinski definition) is 0. The first-order valence-corrected chi connectivity index (χ1v) is 7.98. The number of alkyl halides is 1. The summed E-state index contributed by atoms with van der Waals surface area (Å²) < 4.78 is 0. The Morgan fingerprint density at radius 3 is 2.07 bits per heavy atom. The second-order valence-electron chi connectivity index (χ2n) is 3.33. The van der Waals surface area contributed by atoms with E-state index >= 15 is 0 Å². The van der Waals surface area contributed by atoms with Crippen LogP contribution in [0.2, 0.25) is 6.04 Å². The molecule has 1 rings (SSSR count). The van der Waals surface area contributed by atoms with Gasteiger partial charge in [-0.1, -0.05) is 78.5 Å². The molecule has 14 heavy (non-hydrogen) atoms. The third-order valence-electron chi connectivity index (χ3n) is 1.95. The van der Waals surface area contributed by atoms with Gasteiger partial charge in [-0.2, -0.15) is 0 Å². The Hall–Kier alpha value is -0.0831. The van der Waals surface area contributed by atoms with E-state index in [0.29, 0.717) is 0 Å². The van der Waals surface area contributed by atoms with Crippen LogP contribution in [0.15, 0.2) is 30.3 Å². The summed E-state index contributed by atoms with van der Waals surface area (Å²) in [4.78, 5) is 0. The van der Waals surface area contributed by atoms with Gasteiger partial charge in [0.2, 0.25) is 0 Å². The van der Waals surface area contributed by atoms with Gasteiger partial charge in [-0.15, -0.1) is 0 Å². The molecular weight excluding hydrogens is 252 g/mol. The predicted octanol–water partition coefficient (Wildman–Crippen LogP) is 3.54. The zero-order chi connectivity index (χ0) is 10.6. The molecule has 0 aliphatic heterocycles. The van der Waals surface area contributed by atoms with Gasteiger partial charge >= 0.3 is 0 Å². The highest BCUT2D eigenvalue weighted by molar-refractivity contribution is 9.08. The van der Waals surface area contributed by atoms with Gasteiger partial charge in [0.1, 0.15) is 0 Å². The van der Waals surface area contributed by atoms with Gasteiger partial charge in [0.25, 0.3) is 0 Å². The summed E-state index contributed by atoms with van der Waals surface area (Å²) in [6.07, 6.45) is 4.30. The van der Waals surface area contributed by atoms with E-state index in [-0.39, 0.29) is 0 Å². The smallest absolute Gasteiger partial charge is 0.0283 e. The zero-order valence-corrected chi connectivity index (χ0v) is 12.9. The van der Waals surface area contributed by atoms with Crippen molar-refractivity contribution in [2.75, 3.05) is 0 Å². The van der Waals surface area contributed by atoms with Crippen molar-refractivity contribution in [1.82, 2.24) is 0 Å². The van der Waals surface area contributed by atoms with Crippen molar-refractivity contribution in [3.63, 3.8) is 0 Å². The van der Waals surface area contributed by atoms with Crippen LogP contribution in [0.5, 0.6) is 0 Å². The van der Waals surface area contributed by atoms with Crippen LogP contribution >= 0.6 is 15.9 Å². The van der Waals surface area contributed by atoms with Crippen LogP contribution in [0.4, 0.5) is 0 Å². The van der Waals surface area contributed by atoms with E-state index in [1.54, 1.807) is 0 Å². The first kappa shape index (κ1) is 13.9. The number of halogens is 1. The first-order valence-electron chi connectivity index (χ1n) is 5.45. The van der Waals surface area contributed by atoms with E-state index in [1.165, 1.54) is 41.1 Å². The highest BCUT2D eigenvalue weighted by Gasteiger charge is 1.81. The monoisotopic (exact) mass is 272 g/mol. The number of hydrogen-bond donors (Lipinski definition) is 0. The number of unbranched alkanes of at least 4 members (excludes halogenated alkanes) is 2. The van der Waals surface area contributed by atoms with E-state index < -0.39 is 0 Å². The Balaban J connectivity index is 0.000000255. The van der Waals surface area contributed by atoms with Gasteiger partial charge < -0.3 is 0 Å². The van der Waals surface area contributed by atoms with Crippen molar-refractivity contribution in [3.05, 3.63) is 35.9 Å². The van der Waals surface area contributed by atoms with Gasteiger partial charge in [-0.3, -0.25) is 0 Å². The largest absolute Gasteiger partial charge is 0.0876 e. The van der Waals surface area contributed by atoms with Crippen molar-refractivity contribution in [1.29, 1.82) is 0 Å². The highest BCUT2D eigenvalue weighted by atomic mass is 79.9. The summed E-state index contributed by atoms with van der Waals surface area (Å²) >= 11 is 3.36. The Kier molecular flexibility index (Phi) is 10.9. The van der Waals surface area contributed by atoms with E-state index in [2.05, 4.69) is 35.0 Å². The molecule has 0 fully saturated rings. The van der Waals surface area contributed by atoms with E-state index in [4.69, 9.17) is 0 Å². The lowest BCUT2D eigenvalue weighted by molar-refractivity contribution is 0.771. The SMILES string of the molecule is BrCc1ccccc1.CCCCC[SiH3]. The lowest BCUT2D eigenvalue weighted by Gasteiger charge is -1.88. The molecule has 0 atom stereocenters. The molecule has 1 aromatic carbocycles. The van der Waals surface area contributed by atoms with Crippen LogP contribution in [0, 0.1) is 0 Å². The van der Waals surface area contributed by atoms with Crippen LogP contribution in [0.1, 0.15) is 31.7 Å². The van der Waals surface area contributed by atoms with Crippen LogP contribution in [-0.2, 0) is 5.33 Å². The molecule has 80 valence electrons. The second kappa shape index (κ2) is 11.0. The lowest BCUT2D eigenvalue weighted by atomic mass is 10.2. The van der Waals surface area contributed by atoms with Gasteiger partial charge in [0.15, 0.2) is 0 Å². The Morgan fingerprint density at radius 1 is 1.14 bits per heavy atom. The van der Waals surface area contributed by atoms with E-state index in [9.17, 15) is 0 Å². The molecule has 0 aliphatic carbocycles. The maximum Gasteiger partial charge on any atom is 0.0283 e. The molecule has 2 heteroatoms. The minimum absolute atomic E-state index is 0.952. The van der Waals surface area contributed by atoms with E-state index in [1.807, 2.05) is 18.2 Å². The van der Waals surface area contributed by atoms with Crippen molar-refractivity contribution < 1.29 is 0 Å². The molecular formula is C12H21BrSi. The van der Waals surface area contributed by atoms with Crippen molar-refractivity contribution in [2.24, 2.45) is 0 Å². The minimum atomic E-state index is 0.952. The molecule has 0 saturated heterocycles. The topological polar surface area (TPSA) is 0 Å². The van der Waals surface area contributed by atoms with Crippen molar-refractivity contribution in [3.8, 4) is 0 Å². The Bertz CT molecular complexity index is 195. The molecule has 0 spiro atoms. The molecule has 0 bridgehead atoms. The third-order valence-corrected chi connectivity index (χ3v) is 3.31. The van der Waals surface area contributed by atoms with E-state index in [0.717, 1.165) is 5.33 Å². The molecule has 0 N–H and O–H groups in total. The van der Waals surface area contributed by atoms with Crippen molar-refractivity contribution in [2.45, 2.75) is 37.6 Å². The molecule has 0 aromatic heterocycles. The molecule has 0 amide bonds. The predicted molar refractivity (Wildman–Crippen MR) is 73.3 cm³/mol. The third kappa shape index (κ3) is 8.51. The minimum Gasteiger partial charge on any atom is -0.0876 e. The molecule has 0 saturated carbocycles. The molecule has 0 heterocycles. The van der Waals surface area contributed by atoms with Gasteiger partial charge in [0.05, 0.1) is 0 Å². The second-order valence-corrected chi connectivity index (χ2v) is 4.89. The quantitative estimate of drug-likeness (QED) is 0.447. The maximum atomic E-state index is 3.36. The maximum absolute atomic E-state index is 3.36. The Labute approximate surface area is 99.7 Å².